The molecular weight excluding hydrogens is 292 g/mol. The Balaban J connectivity index is 2.02. The van der Waals surface area contributed by atoms with Crippen LogP contribution in [0.1, 0.15) is 10.4 Å². The summed E-state index contributed by atoms with van der Waals surface area (Å²) in [6.45, 7) is 0.672. The van der Waals surface area contributed by atoms with Crippen molar-refractivity contribution in [2.24, 2.45) is 0 Å². The van der Waals surface area contributed by atoms with E-state index in [1.807, 2.05) is 24.3 Å². The fraction of sp³-hybridized carbons (Fsp3) is 0.133. The Kier molecular flexibility index (Phi) is 3.59. The molecule has 0 bridgehead atoms. The number of carbonyl (C=O) groups excluding carboxylic acids is 1. The number of benzene rings is 2. The Bertz CT molecular complexity index is 675. The first kappa shape index (κ1) is 13.3. The molecule has 20 heavy (non-hydrogen) atoms. The number of carbonyl (C=O) groups is 1. The summed E-state index contributed by atoms with van der Waals surface area (Å²) in [6.07, 6.45) is 0. The molecule has 1 amide bonds. The van der Waals surface area contributed by atoms with Gasteiger partial charge in [-0.05, 0) is 30.3 Å². The third-order valence-electron chi connectivity index (χ3n) is 3.19. The molecule has 2 aromatic carbocycles. The highest BCUT2D eigenvalue weighted by Gasteiger charge is 2.25. The van der Waals surface area contributed by atoms with Crippen LogP contribution in [0.3, 0.4) is 0 Å². The van der Waals surface area contributed by atoms with E-state index in [4.69, 9.17) is 17.3 Å². The van der Waals surface area contributed by atoms with Crippen LogP contribution < -0.4 is 10.6 Å². The molecule has 5 heteroatoms. The molecule has 0 radical (unpaired) electrons. The first-order valence-electron chi connectivity index (χ1n) is 6.25. The standard InChI is InChI=1S/C15H13ClN2OS/c16-12-6-5-10(17)9-11(12)15(19)18-7-8-20-14-4-2-1-3-13(14)18/h1-6,9H,7-8,17H2. The van der Waals surface area contributed by atoms with Crippen molar-refractivity contribution in [1.82, 2.24) is 0 Å². The Morgan fingerprint density at radius 3 is 2.90 bits per heavy atom. The zero-order valence-corrected chi connectivity index (χ0v) is 12.2. The maximum absolute atomic E-state index is 12.7. The smallest absolute Gasteiger partial charge is 0.259 e. The number of halogens is 1. The van der Waals surface area contributed by atoms with E-state index in [-0.39, 0.29) is 5.91 Å². The molecule has 1 aliphatic rings. The molecule has 1 aliphatic heterocycles. The van der Waals surface area contributed by atoms with Gasteiger partial charge >= 0.3 is 0 Å². The third-order valence-corrected chi connectivity index (χ3v) is 4.57. The maximum atomic E-state index is 12.7. The second-order valence-corrected chi connectivity index (χ2v) is 6.06. The van der Waals surface area contributed by atoms with E-state index in [0.29, 0.717) is 22.8 Å². The summed E-state index contributed by atoms with van der Waals surface area (Å²) < 4.78 is 0. The second kappa shape index (κ2) is 5.38. The van der Waals surface area contributed by atoms with Crippen molar-refractivity contribution in [2.75, 3.05) is 22.9 Å². The van der Waals surface area contributed by atoms with Crippen LogP contribution in [0.15, 0.2) is 47.4 Å². The summed E-state index contributed by atoms with van der Waals surface area (Å²) in [5.74, 6) is 0.776. The highest BCUT2D eigenvalue weighted by Crippen LogP contribution is 2.35. The molecule has 1 heterocycles. The van der Waals surface area contributed by atoms with E-state index in [9.17, 15) is 4.79 Å². The summed E-state index contributed by atoms with van der Waals surface area (Å²) in [7, 11) is 0. The lowest BCUT2D eigenvalue weighted by Crippen LogP contribution is -2.35. The molecule has 0 fully saturated rings. The number of rotatable bonds is 1. The van der Waals surface area contributed by atoms with Gasteiger partial charge in [0.05, 0.1) is 16.3 Å². The number of hydrogen-bond donors (Lipinski definition) is 1. The van der Waals surface area contributed by atoms with Crippen LogP contribution >= 0.6 is 23.4 Å². The van der Waals surface area contributed by atoms with Crippen molar-refractivity contribution < 1.29 is 4.79 Å². The molecule has 0 unspecified atom stereocenters. The van der Waals surface area contributed by atoms with Crippen LogP contribution in [0.2, 0.25) is 5.02 Å². The van der Waals surface area contributed by atoms with Gasteiger partial charge in [0.15, 0.2) is 0 Å². The molecule has 0 spiro atoms. The van der Waals surface area contributed by atoms with Gasteiger partial charge in [0, 0.05) is 22.9 Å². The van der Waals surface area contributed by atoms with Crippen molar-refractivity contribution in [1.29, 1.82) is 0 Å². The Morgan fingerprint density at radius 2 is 2.05 bits per heavy atom. The highest BCUT2D eigenvalue weighted by molar-refractivity contribution is 7.99. The second-order valence-electron chi connectivity index (χ2n) is 4.51. The topological polar surface area (TPSA) is 46.3 Å². The molecule has 0 aromatic heterocycles. The normalized spacial score (nSPS) is 13.9. The van der Waals surface area contributed by atoms with Crippen LogP contribution in [0, 0.1) is 0 Å². The van der Waals surface area contributed by atoms with Crippen LogP contribution in [0.4, 0.5) is 11.4 Å². The zero-order valence-electron chi connectivity index (χ0n) is 10.7. The largest absolute Gasteiger partial charge is 0.399 e. The molecule has 0 saturated carbocycles. The average Bonchev–Trinajstić information content (AvgIpc) is 2.48. The summed E-state index contributed by atoms with van der Waals surface area (Å²) in [5, 5.41) is 0.430. The van der Waals surface area contributed by atoms with E-state index >= 15 is 0 Å². The molecule has 2 N–H and O–H groups in total. The summed E-state index contributed by atoms with van der Waals surface area (Å²) in [6, 6.07) is 12.9. The summed E-state index contributed by atoms with van der Waals surface area (Å²) >= 11 is 7.89. The van der Waals surface area contributed by atoms with Crippen LogP contribution in [-0.4, -0.2) is 18.2 Å². The first-order valence-corrected chi connectivity index (χ1v) is 7.62. The quantitative estimate of drug-likeness (QED) is 0.818. The minimum atomic E-state index is -0.102. The van der Waals surface area contributed by atoms with Crippen LogP contribution in [0.25, 0.3) is 0 Å². The lowest BCUT2D eigenvalue weighted by atomic mass is 10.1. The summed E-state index contributed by atoms with van der Waals surface area (Å²) in [5.41, 5.74) is 7.68. The number of nitrogens with zero attached hydrogens (tertiary/aromatic N) is 1. The van der Waals surface area contributed by atoms with Crippen molar-refractivity contribution >= 4 is 40.6 Å². The van der Waals surface area contributed by atoms with E-state index in [2.05, 4.69) is 0 Å². The molecule has 102 valence electrons. The van der Waals surface area contributed by atoms with E-state index < -0.39 is 0 Å². The van der Waals surface area contributed by atoms with Crippen molar-refractivity contribution in [3.8, 4) is 0 Å². The fourth-order valence-corrected chi connectivity index (χ4v) is 3.43. The maximum Gasteiger partial charge on any atom is 0.259 e. The number of thioether (sulfide) groups is 1. The van der Waals surface area contributed by atoms with Gasteiger partial charge < -0.3 is 10.6 Å². The molecular formula is C15H13ClN2OS. The Labute approximate surface area is 126 Å². The highest BCUT2D eigenvalue weighted by atomic mass is 35.5. The molecule has 0 aliphatic carbocycles. The van der Waals surface area contributed by atoms with Gasteiger partial charge in [-0.3, -0.25) is 4.79 Å². The Morgan fingerprint density at radius 1 is 1.25 bits per heavy atom. The number of amides is 1. The van der Waals surface area contributed by atoms with Gasteiger partial charge in [0.25, 0.3) is 5.91 Å². The van der Waals surface area contributed by atoms with Gasteiger partial charge in [-0.1, -0.05) is 23.7 Å². The van der Waals surface area contributed by atoms with Crippen LogP contribution in [0.5, 0.6) is 0 Å². The average molecular weight is 305 g/mol. The molecule has 3 rings (SSSR count). The molecule has 3 nitrogen and oxygen atoms in total. The van der Waals surface area contributed by atoms with Gasteiger partial charge in [-0.25, -0.2) is 0 Å². The minimum absolute atomic E-state index is 0.102. The fourth-order valence-electron chi connectivity index (χ4n) is 2.23. The lowest BCUT2D eigenvalue weighted by Gasteiger charge is -2.29. The molecule has 2 aromatic rings. The van der Waals surface area contributed by atoms with Gasteiger partial charge in [0.2, 0.25) is 0 Å². The first-order chi connectivity index (χ1) is 9.66. The van der Waals surface area contributed by atoms with Crippen molar-refractivity contribution in [3.63, 3.8) is 0 Å². The number of fused-ring (bicyclic) bond motifs is 1. The monoisotopic (exact) mass is 304 g/mol. The number of hydrogen-bond acceptors (Lipinski definition) is 3. The van der Waals surface area contributed by atoms with Gasteiger partial charge in [-0.15, -0.1) is 11.8 Å². The van der Waals surface area contributed by atoms with Gasteiger partial charge in [-0.2, -0.15) is 0 Å². The van der Waals surface area contributed by atoms with E-state index in [1.54, 1.807) is 34.9 Å². The van der Waals surface area contributed by atoms with Gasteiger partial charge in [0.1, 0.15) is 0 Å². The molecule has 0 saturated heterocycles. The number of nitrogen functional groups attached to an aromatic ring is 1. The van der Waals surface area contributed by atoms with Crippen molar-refractivity contribution in [3.05, 3.63) is 53.1 Å². The summed E-state index contributed by atoms with van der Waals surface area (Å²) in [4.78, 5) is 15.6. The predicted octanol–water partition coefficient (Wildman–Crippen LogP) is 3.67. The van der Waals surface area contributed by atoms with Crippen LogP contribution in [-0.2, 0) is 0 Å². The SMILES string of the molecule is Nc1ccc(Cl)c(C(=O)N2CCSc3ccccc32)c1. The zero-order chi connectivity index (χ0) is 14.1. The van der Waals surface area contributed by atoms with E-state index in [1.165, 1.54) is 0 Å². The third kappa shape index (κ3) is 2.37. The number of para-hydroxylation sites is 1. The molecule has 0 atom stereocenters. The van der Waals surface area contributed by atoms with E-state index in [0.717, 1.165) is 16.3 Å². The number of anilines is 2. The number of nitrogens with two attached hydrogens (primary N) is 1. The minimum Gasteiger partial charge on any atom is -0.399 e. The Hall–Kier alpha value is -1.65. The predicted molar refractivity (Wildman–Crippen MR) is 84.7 cm³/mol. The van der Waals surface area contributed by atoms with Crippen molar-refractivity contribution in [2.45, 2.75) is 4.90 Å². The lowest BCUT2D eigenvalue weighted by molar-refractivity contribution is 0.0988.